The monoisotopic (exact) mass is 330 g/mol. The predicted molar refractivity (Wildman–Crippen MR) is 94.9 cm³/mol. The number of hydrogen-bond acceptors (Lipinski definition) is 3. The molecule has 1 aromatic rings. The Balaban J connectivity index is 1.86. The van der Waals surface area contributed by atoms with Crippen molar-refractivity contribution in [1.29, 1.82) is 0 Å². The summed E-state index contributed by atoms with van der Waals surface area (Å²) in [5.41, 5.74) is 1.23. The maximum Gasteiger partial charge on any atom is 0.251 e. The summed E-state index contributed by atoms with van der Waals surface area (Å²) in [5.74, 6) is 0.765. The molecule has 1 aromatic carbocycles. The highest BCUT2D eigenvalue weighted by Gasteiger charge is 2.23. The van der Waals surface area contributed by atoms with Gasteiger partial charge in [0.2, 0.25) is 5.91 Å². The van der Waals surface area contributed by atoms with E-state index in [0.717, 1.165) is 32.5 Å². The average Bonchev–Trinajstić information content (AvgIpc) is 2.63. The van der Waals surface area contributed by atoms with Crippen molar-refractivity contribution in [2.75, 3.05) is 25.1 Å². The first kappa shape index (κ1) is 18.2. The van der Waals surface area contributed by atoms with Crippen molar-refractivity contribution >= 4 is 17.5 Å². The topological polar surface area (TPSA) is 67.4 Å². The minimum absolute atomic E-state index is 0.0814. The number of nitrogens with one attached hydrogen (secondary N) is 2. The van der Waals surface area contributed by atoms with Gasteiger partial charge in [0, 0.05) is 31.0 Å². The van der Waals surface area contributed by atoms with Gasteiger partial charge in [-0.15, -0.1) is 0 Å². The number of carbonyl (C=O) groups excluding carboxylic acids is 2. The first-order chi connectivity index (χ1) is 11.6. The van der Waals surface area contributed by atoms with Crippen LogP contribution in [0.2, 0.25) is 0 Å². The average molecular weight is 330 g/mol. The summed E-state index contributed by atoms with van der Waals surface area (Å²) in [5, 5.41) is 5.69. The molecule has 0 aromatic heterocycles. The number of carbonyl (C=O) groups is 2. The van der Waals surface area contributed by atoms with Crippen LogP contribution in [0.1, 0.15) is 36.5 Å². The molecule has 1 aliphatic heterocycles. The predicted octanol–water partition coefficient (Wildman–Crippen LogP) is 2.99. The summed E-state index contributed by atoms with van der Waals surface area (Å²) in [7, 11) is 0. The molecular weight excluding hydrogens is 304 g/mol. The van der Waals surface area contributed by atoms with Gasteiger partial charge in [0.05, 0.1) is 0 Å². The van der Waals surface area contributed by atoms with Crippen LogP contribution in [0.3, 0.4) is 0 Å². The van der Waals surface area contributed by atoms with Gasteiger partial charge in [0.15, 0.2) is 0 Å². The van der Waals surface area contributed by atoms with Gasteiger partial charge < -0.3 is 15.4 Å². The van der Waals surface area contributed by atoms with E-state index in [2.05, 4.69) is 24.1 Å². The molecule has 0 saturated carbocycles. The van der Waals surface area contributed by atoms with Gasteiger partial charge in [0.25, 0.3) is 5.91 Å². The summed E-state index contributed by atoms with van der Waals surface area (Å²) in [6.07, 6.45) is 4.41. The maximum absolute atomic E-state index is 12.3. The minimum atomic E-state index is -0.269. The fraction of sp³-hybridized carbons (Fsp3) is 0.474. The van der Waals surface area contributed by atoms with Crippen LogP contribution in [0.25, 0.3) is 0 Å². The molecule has 1 heterocycles. The smallest absolute Gasteiger partial charge is 0.251 e. The summed E-state index contributed by atoms with van der Waals surface area (Å²) < 4.78 is 5.41. The second-order valence-corrected chi connectivity index (χ2v) is 6.10. The van der Waals surface area contributed by atoms with E-state index in [0.29, 0.717) is 29.6 Å². The fourth-order valence-electron chi connectivity index (χ4n) is 3.06. The standard InChI is InChI=1S/C19H26N2O3/c1-3-14(15-9-11-24-12-10-15)13-20-19(23)16-5-7-17(8-6-16)21-18(22)4-2/h4-8,14-15H,2-3,9-13H2,1H3,(H,20,23)(H,21,22). The van der Waals surface area contributed by atoms with E-state index < -0.39 is 0 Å². The third-order valence-corrected chi connectivity index (χ3v) is 4.58. The highest BCUT2D eigenvalue weighted by Crippen LogP contribution is 2.25. The summed E-state index contributed by atoms with van der Waals surface area (Å²) in [6.45, 7) is 7.92. The quantitative estimate of drug-likeness (QED) is 0.755. The Hall–Kier alpha value is -2.14. The lowest BCUT2D eigenvalue weighted by molar-refractivity contribution is -0.111. The Morgan fingerprint density at radius 2 is 1.96 bits per heavy atom. The maximum atomic E-state index is 12.3. The molecular formula is C19H26N2O3. The molecule has 0 aliphatic carbocycles. The van der Waals surface area contributed by atoms with Crippen LogP contribution < -0.4 is 10.6 Å². The van der Waals surface area contributed by atoms with Crippen LogP contribution >= 0.6 is 0 Å². The van der Waals surface area contributed by atoms with Gasteiger partial charge in [-0.05, 0) is 55.0 Å². The number of rotatable bonds is 7. The van der Waals surface area contributed by atoms with Crippen molar-refractivity contribution in [3.05, 3.63) is 42.5 Å². The molecule has 2 rings (SSSR count). The lowest BCUT2D eigenvalue weighted by Crippen LogP contribution is -2.34. The van der Waals surface area contributed by atoms with E-state index in [1.165, 1.54) is 6.08 Å². The van der Waals surface area contributed by atoms with E-state index >= 15 is 0 Å². The Morgan fingerprint density at radius 3 is 2.54 bits per heavy atom. The van der Waals surface area contributed by atoms with Gasteiger partial charge >= 0.3 is 0 Å². The lowest BCUT2D eigenvalue weighted by atomic mass is 9.84. The number of amides is 2. The second-order valence-electron chi connectivity index (χ2n) is 6.10. The lowest BCUT2D eigenvalue weighted by Gasteiger charge is -2.29. The van der Waals surface area contributed by atoms with E-state index in [-0.39, 0.29) is 11.8 Å². The van der Waals surface area contributed by atoms with Crippen molar-refractivity contribution in [3.8, 4) is 0 Å². The molecule has 1 fully saturated rings. The molecule has 0 bridgehead atoms. The van der Waals surface area contributed by atoms with E-state index in [1.54, 1.807) is 24.3 Å². The van der Waals surface area contributed by atoms with Crippen LogP contribution in [0.5, 0.6) is 0 Å². The molecule has 5 nitrogen and oxygen atoms in total. The molecule has 5 heteroatoms. The van der Waals surface area contributed by atoms with Gasteiger partial charge in [-0.2, -0.15) is 0 Å². The third kappa shape index (κ3) is 5.20. The molecule has 2 N–H and O–H groups in total. The highest BCUT2D eigenvalue weighted by molar-refractivity contribution is 5.99. The second kappa shape index (κ2) is 9.23. The van der Waals surface area contributed by atoms with Crippen molar-refractivity contribution in [2.45, 2.75) is 26.2 Å². The zero-order valence-electron chi connectivity index (χ0n) is 14.2. The van der Waals surface area contributed by atoms with Gasteiger partial charge in [-0.1, -0.05) is 19.9 Å². The zero-order chi connectivity index (χ0) is 17.4. The van der Waals surface area contributed by atoms with Crippen LogP contribution in [0.15, 0.2) is 36.9 Å². The number of ether oxygens (including phenoxy) is 1. The molecule has 2 amide bonds. The first-order valence-corrected chi connectivity index (χ1v) is 8.53. The summed E-state index contributed by atoms with van der Waals surface area (Å²) >= 11 is 0. The number of anilines is 1. The zero-order valence-corrected chi connectivity index (χ0v) is 14.2. The van der Waals surface area contributed by atoms with E-state index in [4.69, 9.17) is 4.74 Å². The van der Waals surface area contributed by atoms with E-state index in [9.17, 15) is 9.59 Å². The molecule has 1 saturated heterocycles. The Morgan fingerprint density at radius 1 is 1.29 bits per heavy atom. The molecule has 24 heavy (non-hydrogen) atoms. The van der Waals surface area contributed by atoms with Gasteiger partial charge in [0.1, 0.15) is 0 Å². The molecule has 0 radical (unpaired) electrons. The molecule has 1 atom stereocenters. The molecule has 1 aliphatic rings. The molecule has 1 unspecified atom stereocenters. The van der Waals surface area contributed by atoms with Crippen molar-refractivity contribution in [3.63, 3.8) is 0 Å². The summed E-state index contributed by atoms with van der Waals surface area (Å²) in [6, 6.07) is 6.85. The van der Waals surface area contributed by atoms with Gasteiger partial charge in [-0.25, -0.2) is 0 Å². The summed E-state index contributed by atoms with van der Waals surface area (Å²) in [4.78, 5) is 23.5. The number of benzene rings is 1. The van der Waals surface area contributed by atoms with E-state index in [1.807, 2.05) is 0 Å². The van der Waals surface area contributed by atoms with Crippen molar-refractivity contribution in [2.24, 2.45) is 11.8 Å². The van der Waals surface area contributed by atoms with Crippen molar-refractivity contribution < 1.29 is 14.3 Å². The van der Waals surface area contributed by atoms with Crippen LogP contribution in [-0.2, 0) is 9.53 Å². The molecule has 0 spiro atoms. The SMILES string of the molecule is C=CC(=O)Nc1ccc(C(=O)NCC(CC)C2CCOCC2)cc1. The number of hydrogen-bond donors (Lipinski definition) is 2. The Labute approximate surface area is 143 Å². The fourth-order valence-corrected chi connectivity index (χ4v) is 3.06. The Kier molecular flexibility index (Phi) is 7.00. The largest absolute Gasteiger partial charge is 0.381 e. The van der Waals surface area contributed by atoms with Crippen LogP contribution in [0.4, 0.5) is 5.69 Å². The highest BCUT2D eigenvalue weighted by atomic mass is 16.5. The third-order valence-electron chi connectivity index (χ3n) is 4.58. The first-order valence-electron chi connectivity index (χ1n) is 8.53. The Bertz CT molecular complexity index is 562. The van der Waals surface area contributed by atoms with Crippen LogP contribution in [-0.4, -0.2) is 31.6 Å². The molecule has 130 valence electrons. The normalized spacial score (nSPS) is 16.2. The van der Waals surface area contributed by atoms with Gasteiger partial charge in [-0.3, -0.25) is 9.59 Å². The minimum Gasteiger partial charge on any atom is -0.381 e. The van der Waals surface area contributed by atoms with Crippen LogP contribution in [0, 0.1) is 11.8 Å². The van der Waals surface area contributed by atoms with Crippen molar-refractivity contribution in [1.82, 2.24) is 5.32 Å².